The summed E-state index contributed by atoms with van der Waals surface area (Å²) in [5.74, 6) is -1.55. The summed E-state index contributed by atoms with van der Waals surface area (Å²) < 4.78 is 17.2. The number of nitrogens with one attached hydrogen (secondary N) is 2. The molecular weight excluding hydrogens is 568 g/mol. The first-order valence-corrected chi connectivity index (χ1v) is 13.6. The molecule has 2 aromatic rings. The molecule has 0 aliphatic carbocycles. The van der Waals surface area contributed by atoms with Crippen molar-refractivity contribution >= 4 is 18.0 Å². The standard InChI is InChI=1S/C26H36N8O9/c1-16(35)30-21-19(36)12-26(24(39)41-2,43-23(21)22(38)20(37)13-29-32-27)34-14-18(31-33-34)10-6-7-11-28-25(40)42-15-17-8-4-3-5-9-17/h3-5,8-9,14,19-23,36-38H,6-7,10-13,15H2,1-2H3,(H,28,40)(H,30,35)/t19?,20-,21?,22+,23?,26?/m1/s1. The van der Waals surface area contributed by atoms with Crippen molar-refractivity contribution in [3.8, 4) is 0 Å². The molecule has 4 unspecified atom stereocenters. The topological polar surface area (TPSA) is 243 Å². The van der Waals surface area contributed by atoms with E-state index in [1.165, 1.54) is 13.1 Å². The van der Waals surface area contributed by atoms with Gasteiger partial charge in [0.05, 0.1) is 43.8 Å². The molecule has 0 spiro atoms. The zero-order chi connectivity index (χ0) is 31.4. The number of nitrogens with zero attached hydrogens (tertiary/aromatic N) is 6. The van der Waals surface area contributed by atoms with Gasteiger partial charge in [-0.2, -0.15) is 0 Å². The quantitative estimate of drug-likeness (QED) is 0.0633. The summed E-state index contributed by atoms with van der Waals surface area (Å²) in [6.45, 7) is 1.15. The van der Waals surface area contributed by atoms with Crippen LogP contribution in [-0.4, -0.2) is 98.9 Å². The highest BCUT2D eigenvalue weighted by Gasteiger charge is 2.57. The normalized spacial score (nSPS) is 22.9. The van der Waals surface area contributed by atoms with E-state index in [1.807, 2.05) is 30.3 Å². The molecule has 2 heterocycles. The fourth-order valence-corrected chi connectivity index (χ4v) is 4.64. The predicted molar refractivity (Wildman–Crippen MR) is 147 cm³/mol. The Hall–Kier alpha value is -4.28. The number of aliphatic hydroxyl groups excluding tert-OH is 3. The monoisotopic (exact) mass is 604 g/mol. The lowest BCUT2D eigenvalue weighted by Crippen LogP contribution is -2.67. The largest absolute Gasteiger partial charge is 0.465 e. The van der Waals surface area contributed by atoms with Crippen LogP contribution in [0, 0.1) is 0 Å². The van der Waals surface area contributed by atoms with Gasteiger partial charge in [0.25, 0.3) is 5.72 Å². The van der Waals surface area contributed by atoms with Crippen molar-refractivity contribution in [3.05, 3.63) is 58.2 Å². The van der Waals surface area contributed by atoms with E-state index in [0.29, 0.717) is 31.5 Å². The number of aryl methyl sites for hydroxylation is 1. The number of aliphatic hydroxyl groups is 3. The van der Waals surface area contributed by atoms with Crippen LogP contribution in [0.15, 0.2) is 41.6 Å². The molecule has 1 aliphatic heterocycles. The highest BCUT2D eigenvalue weighted by Crippen LogP contribution is 2.36. The van der Waals surface area contributed by atoms with E-state index in [2.05, 4.69) is 31.0 Å². The van der Waals surface area contributed by atoms with Gasteiger partial charge in [-0.3, -0.25) is 4.79 Å². The fraction of sp³-hybridized carbons (Fsp3) is 0.577. The van der Waals surface area contributed by atoms with E-state index in [0.717, 1.165) is 17.4 Å². The molecule has 1 saturated heterocycles. The molecule has 43 heavy (non-hydrogen) atoms. The molecule has 234 valence electrons. The second-order valence-corrected chi connectivity index (χ2v) is 9.93. The van der Waals surface area contributed by atoms with Gasteiger partial charge in [0.15, 0.2) is 0 Å². The minimum absolute atomic E-state index is 0.157. The van der Waals surface area contributed by atoms with Crippen LogP contribution in [-0.2, 0) is 42.6 Å². The van der Waals surface area contributed by atoms with Gasteiger partial charge in [0.2, 0.25) is 5.91 Å². The van der Waals surface area contributed by atoms with Crippen molar-refractivity contribution in [2.75, 3.05) is 20.2 Å². The van der Waals surface area contributed by atoms with E-state index in [-0.39, 0.29) is 6.61 Å². The minimum atomic E-state index is -2.12. The number of hydrogen-bond acceptors (Lipinski definition) is 12. The van der Waals surface area contributed by atoms with E-state index < -0.39 is 67.1 Å². The molecule has 5 N–H and O–H groups in total. The molecule has 0 bridgehead atoms. The van der Waals surface area contributed by atoms with Crippen LogP contribution < -0.4 is 10.6 Å². The van der Waals surface area contributed by atoms with Crippen molar-refractivity contribution in [2.24, 2.45) is 5.11 Å². The maximum Gasteiger partial charge on any atom is 0.407 e. The third-order valence-corrected chi connectivity index (χ3v) is 6.78. The number of benzene rings is 1. The Morgan fingerprint density at radius 2 is 2.02 bits per heavy atom. The fourth-order valence-electron chi connectivity index (χ4n) is 4.64. The number of ether oxygens (including phenoxy) is 3. The van der Waals surface area contributed by atoms with E-state index in [4.69, 9.17) is 19.7 Å². The molecule has 0 saturated carbocycles. The van der Waals surface area contributed by atoms with Gasteiger partial charge in [-0.25, -0.2) is 14.3 Å². The number of alkyl carbamates (subject to hydrolysis) is 1. The Bertz CT molecular complexity index is 1270. The molecule has 3 rings (SSSR count). The summed E-state index contributed by atoms with van der Waals surface area (Å²) >= 11 is 0. The summed E-state index contributed by atoms with van der Waals surface area (Å²) in [6, 6.07) is 8.03. The van der Waals surface area contributed by atoms with Crippen LogP contribution in [0.5, 0.6) is 0 Å². The first-order chi connectivity index (χ1) is 20.6. The van der Waals surface area contributed by atoms with Crippen molar-refractivity contribution < 1.29 is 43.9 Å². The van der Waals surface area contributed by atoms with Crippen molar-refractivity contribution in [1.82, 2.24) is 25.6 Å². The lowest BCUT2D eigenvalue weighted by molar-refractivity contribution is -0.258. The summed E-state index contributed by atoms with van der Waals surface area (Å²) in [4.78, 5) is 39.4. The Kier molecular flexibility index (Phi) is 12.2. The predicted octanol–water partition coefficient (Wildman–Crippen LogP) is 0.0396. The number of unbranched alkanes of at least 4 members (excludes halogenated alkanes) is 1. The van der Waals surface area contributed by atoms with Crippen molar-refractivity contribution in [1.29, 1.82) is 0 Å². The van der Waals surface area contributed by atoms with E-state index in [9.17, 15) is 29.7 Å². The zero-order valence-corrected chi connectivity index (χ0v) is 23.8. The number of carbonyl (C=O) groups excluding carboxylic acids is 3. The van der Waals surface area contributed by atoms with Gasteiger partial charge in [-0.15, -0.1) is 5.10 Å². The summed E-state index contributed by atoms with van der Waals surface area (Å²) in [7, 11) is 1.09. The van der Waals surface area contributed by atoms with Gasteiger partial charge >= 0.3 is 12.1 Å². The molecule has 1 aromatic carbocycles. The third kappa shape index (κ3) is 8.86. The number of hydrogen-bond donors (Lipinski definition) is 5. The van der Waals surface area contributed by atoms with Crippen LogP contribution in [0.25, 0.3) is 10.4 Å². The Morgan fingerprint density at radius 3 is 2.70 bits per heavy atom. The zero-order valence-electron chi connectivity index (χ0n) is 23.8. The lowest BCUT2D eigenvalue weighted by atomic mass is 9.87. The highest BCUT2D eigenvalue weighted by molar-refractivity contribution is 5.77. The molecule has 6 atom stereocenters. The van der Waals surface area contributed by atoms with Crippen molar-refractivity contribution in [2.45, 2.75) is 75.4 Å². The number of carbonyl (C=O) groups is 3. The molecule has 1 fully saturated rings. The Morgan fingerprint density at radius 1 is 1.28 bits per heavy atom. The number of rotatable bonds is 14. The number of amides is 2. The number of esters is 1. The van der Waals surface area contributed by atoms with E-state index in [1.54, 1.807) is 0 Å². The average molecular weight is 605 g/mol. The second kappa shape index (κ2) is 15.8. The molecule has 1 aromatic heterocycles. The van der Waals surface area contributed by atoms with Gasteiger partial charge in [-0.05, 0) is 30.4 Å². The highest BCUT2D eigenvalue weighted by atomic mass is 16.6. The second-order valence-electron chi connectivity index (χ2n) is 9.93. The number of methoxy groups -OCH3 is 1. The Labute approximate surface area is 246 Å². The molecule has 17 heteroatoms. The smallest absolute Gasteiger partial charge is 0.407 e. The minimum Gasteiger partial charge on any atom is -0.465 e. The summed E-state index contributed by atoms with van der Waals surface area (Å²) in [6.07, 6.45) is -4.48. The molecular formula is C26H36N8O9. The van der Waals surface area contributed by atoms with Crippen LogP contribution in [0.1, 0.15) is 37.4 Å². The average Bonchev–Trinajstić information content (AvgIpc) is 3.48. The van der Waals surface area contributed by atoms with Crippen molar-refractivity contribution in [3.63, 3.8) is 0 Å². The summed E-state index contributed by atoms with van der Waals surface area (Å²) in [5.41, 5.74) is 7.77. The van der Waals surface area contributed by atoms with Crippen LogP contribution in [0.3, 0.4) is 0 Å². The van der Waals surface area contributed by atoms with Gasteiger partial charge in [0, 0.05) is 24.8 Å². The molecule has 17 nitrogen and oxygen atoms in total. The maximum absolute atomic E-state index is 13.1. The SMILES string of the molecule is COC(=O)C1(n2cc(CCCCNC(=O)OCc3ccccc3)nn2)CC(O)C(NC(C)=O)C([C@@H](O)[C@H](O)CN=[N+]=[N-])O1. The number of aromatic nitrogens is 3. The lowest BCUT2D eigenvalue weighted by Gasteiger charge is -2.47. The van der Waals surface area contributed by atoms with E-state index >= 15 is 0 Å². The Balaban J connectivity index is 1.66. The number of azide groups is 1. The van der Waals surface area contributed by atoms with Gasteiger partial charge < -0.3 is 40.2 Å². The first-order valence-electron chi connectivity index (χ1n) is 13.6. The van der Waals surface area contributed by atoms with Crippen LogP contribution in [0.4, 0.5) is 4.79 Å². The molecule has 2 amide bonds. The van der Waals surface area contributed by atoms with Crippen LogP contribution in [0.2, 0.25) is 0 Å². The van der Waals surface area contributed by atoms with Gasteiger partial charge in [-0.1, -0.05) is 40.7 Å². The van der Waals surface area contributed by atoms with Gasteiger partial charge in [0.1, 0.15) is 18.8 Å². The first kappa shape index (κ1) is 33.2. The summed E-state index contributed by atoms with van der Waals surface area (Å²) in [5, 5.41) is 48.7. The molecule has 1 aliphatic rings. The maximum atomic E-state index is 13.1. The third-order valence-electron chi connectivity index (χ3n) is 6.78. The van der Waals surface area contributed by atoms with Crippen LogP contribution >= 0.6 is 0 Å². The molecule has 0 radical (unpaired) electrons.